The number of thiophene rings is 1. The lowest BCUT2D eigenvalue weighted by Gasteiger charge is -2.07. The number of amides is 1. The van der Waals surface area contributed by atoms with Crippen LogP contribution in [0.25, 0.3) is 10.6 Å². The first-order valence-corrected chi connectivity index (χ1v) is 8.67. The molecule has 0 aliphatic carbocycles. The predicted molar refractivity (Wildman–Crippen MR) is 96.1 cm³/mol. The summed E-state index contributed by atoms with van der Waals surface area (Å²) in [6.07, 6.45) is 0.725. The van der Waals surface area contributed by atoms with Crippen LogP contribution in [0.15, 0.2) is 58.7 Å². The number of benzene rings is 1. The fourth-order valence-corrected chi connectivity index (χ4v) is 3.00. The van der Waals surface area contributed by atoms with E-state index in [-0.39, 0.29) is 23.7 Å². The molecule has 1 aromatic carbocycles. The Hall–Kier alpha value is -2.80. The Kier molecular flexibility index (Phi) is 5.35. The van der Waals surface area contributed by atoms with Crippen LogP contribution >= 0.6 is 11.3 Å². The number of halogens is 1. The number of anilines is 1. The Bertz CT molecular complexity index is 905. The van der Waals surface area contributed by atoms with Gasteiger partial charge in [-0.05, 0) is 48.2 Å². The summed E-state index contributed by atoms with van der Waals surface area (Å²) in [4.78, 5) is 24.8. The maximum absolute atomic E-state index is 12.8. The first-order valence-electron chi connectivity index (χ1n) is 7.79. The number of aryl methyl sites for hydroxylation is 1. The van der Waals surface area contributed by atoms with E-state index in [2.05, 4.69) is 10.4 Å². The molecule has 1 N–H and O–H groups in total. The zero-order valence-corrected chi connectivity index (χ0v) is 14.1. The Morgan fingerprint density at radius 1 is 1.16 bits per heavy atom. The second-order valence-corrected chi connectivity index (χ2v) is 6.36. The SMILES string of the molecule is O=C(CCCn1nc(-c2cccs2)ccc1=O)Nc1ccc(F)cc1. The molecule has 0 fully saturated rings. The summed E-state index contributed by atoms with van der Waals surface area (Å²) in [6, 6.07) is 12.6. The van der Waals surface area contributed by atoms with E-state index in [4.69, 9.17) is 0 Å². The molecule has 128 valence electrons. The molecule has 0 atom stereocenters. The van der Waals surface area contributed by atoms with Crippen LogP contribution in [-0.4, -0.2) is 15.7 Å². The Morgan fingerprint density at radius 2 is 1.96 bits per heavy atom. The predicted octanol–water partition coefficient (Wildman–Crippen LogP) is 3.53. The molecule has 25 heavy (non-hydrogen) atoms. The van der Waals surface area contributed by atoms with Crippen molar-refractivity contribution in [2.45, 2.75) is 19.4 Å². The summed E-state index contributed by atoms with van der Waals surface area (Å²) in [6.45, 7) is 0.356. The van der Waals surface area contributed by atoms with E-state index in [1.807, 2.05) is 17.5 Å². The van der Waals surface area contributed by atoms with E-state index in [0.29, 0.717) is 18.7 Å². The molecular weight excluding hydrogens is 341 g/mol. The van der Waals surface area contributed by atoms with Crippen LogP contribution in [0.4, 0.5) is 10.1 Å². The van der Waals surface area contributed by atoms with Crippen LogP contribution in [0, 0.1) is 5.82 Å². The highest BCUT2D eigenvalue weighted by molar-refractivity contribution is 7.13. The normalized spacial score (nSPS) is 10.6. The van der Waals surface area contributed by atoms with Gasteiger partial charge in [-0.2, -0.15) is 5.10 Å². The third-order valence-electron chi connectivity index (χ3n) is 3.54. The molecule has 0 saturated carbocycles. The van der Waals surface area contributed by atoms with E-state index in [9.17, 15) is 14.0 Å². The van der Waals surface area contributed by atoms with Gasteiger partial charge in [-0.1, -0.05) is 6.07 Å². The van der Waals surface area contributed by atoms with Crippen LogP contribution in [0.5, 0.6) is 0 Å². The molecule has 2 aromatic heterocycles. The van der Waals surface area contributed by atoms with E-state index in [1.54, 1.807) is 17.4 Å². The third-order valence-corrected chi connectivity index (χ3v) is 4.43. The largest absolute Gasteiger partial charge is 0.326 e. The van der Waals surface area contributed by atoms with E-state index in [0.717, 1.165) is 10.6 Å². The number of aromatic nitrogens is 2. The Labute approximate surface area is 147 Å². The van der Waals surface area contributed by atoms with Crippen molar-refractivity contribution in [1.29, 1.82) is 0 Å². The zero-order valence-electron chi connectivity index (χ0n) is 13.3. The maximum atomic E-state index is 12.8. The van der Waals surface area contributed by atoms with Crippen LogP contribution in [0.2, 0.25) is 0 Å². The third kappa shape index (κ3) is 4.60. The fourth-order valence-electron chi connectivity index (χ4n) is 2.31. The van der Waals surface area contributed by atoms with Gasteiger partial charge < -0.3 is 5.32 Å². The van der Waals surface area contributed by atoms with Gasteiger partial charge in [0.15, 0.2) is 0 Å². The van der Waals surface area contributed by atoms with Gasteiger partial charge in [-0.25, -0.2) is 9.07 Å². The minimum atomic E-state index is -0.353. The highest BCUT2D eigenvalue weighted by atomic mass is 32.1. The van der Waals surface area contributed by atoms with Gasteiger partial charge in [0.2, 0.25) is 5.91 Å². The average Bonchev–Trinajstić information content (AvgIpc) is 3.13. The number of rotatable bonds is 6. The van der Waals surface area contributed by atoms with Crippen molar-refractivity contribution in [3.63, 3.8) is 0 Å². The van der Waals surface area contributed by atoms with Gasteiger partial charge in [0, 0.05) is 24.7 Å². The molecule has 1 amide bonds. The van der Waals surface area contributed by atoms with E-state index in [1.165, 1.54) is 35.0 Å². The van der Waals surface area contributed by atoms with Crippen molar-refractivity contribution in [3.8, 4) is 10.6 Å². The van der Waals surface area contributed by atoms with Crippen LogP contribution in [0.3, 0.4) is 0 Å². The molecular formula is C18H16FN3O2S. The molecule has 0 radical (unpaired) electrons. The number of nitrogens with zero attached hydrogens (tertiary/aromatic N) is 2. The molecule has 7 heteroatoms. The Balaban J connectivity index is 1.56. The summed E-state index contributed by atoms with van der Waals surface area (Å²) in [7, 11) is 0. The van der Waals surface area contributed by atoms with E-state index >= 15 is 0 Å². The van der Waals surface area contributed by atoms with Crippen LogP contribution < -0.4 is 10.9 Å². The number of hydrogen-bond donors (Lipinski definition) is 1. The molecule has 0 aliphatic heterocycles. The molecule has 0 saturated heterocycles. The minimum absolute atomic E-state index is 0.186. The highest BCUT2D eigenvalue weighted by Crippen LogP contribution is 2.21. The van der Waals surface area contributed by atoms with Crippen LogP contribution in [-0.2, 0) is 11.3 Å². The van der Waals surface area contributed by atoms with Crippen molar-refractivity contribution < 1.29 is 9.18 Å². The number of nitrogens with one attached hydrogen (secondary N) is 1. The lowest BCUT2D eigenvalue weighted by Crippen LogP contribution is -2.23. The summed E-state index contributed by atoms with van der Waals surface area (Å²) in [5.74, 6) is -0.539. The Morgan fingerprint density at radius 3 is 2.68 bits per heavy atom. The van der Waals surface area contributed by atoms with E-state index < -0.39 is 0 Å². The zero-order chi connectivity index (χ0) is 17.6. The number of hydrogen-bond acceptors (Lipinski definition) is 4. The van der Waals surface area contributed by atoms with Crippen molar-refractivity contribution in [1.82, 2.24) is 9.78 Å². The molecule has 0 bridgehead atoms. The molecule has 3 aromatic rings. The molecule has 0 spiro atoms. The van der Waals surface area contributed by atoms with Crippen molar-refractivity contribution >= 4 is 22.9 Å². The van der Waals surface area contributed by atoms with Crippen LogP contribution in [0.1, 0.15) is 12.8 Å². The van der Waals surface area contributed by atoms with Gasteiger partial charge in [0.25, 0.3) is 5.56 Å². The van der Waals surface area contributed by atoms with Gasteiger partial charge >= 0.3 is 0 Å². The van der Waals surface area contributed by atoms with Crippen molar-refractivity contribution in [3.05, 3.63) is 70.1 Å². The minimum Gasteiger partial charge on any atom is -0.326 e. The quantitative estimate of drug-likeness (QED) is 0.734. The highest BCUT2D eigenvalue weighted by Gasteiger charge is 2.06. The second kappa shape index (κ2) is 7.85. The second-order valence-electron chi connectivity index (χ2n) is 5.42. The summed E-state index contributed by atoms with van der Waals surface area (Å²) in [5.41, 5.74) is 1.09. The first-order chi connectivity index (χ1) is 12.1. The standard InChI is InChI=1S/C18H16FN3O2S/c19-13-5-7-14(8-6-13)20-17(23)4-1-11-22-18(24)10-9-15(21-22)16-3-2-12-25-16/h2-3,5-10,12H,1,4,11H2,(H,20,23). The van der Waals surface area contributed by atoms with Gasteiger partial charge in [0.05, 0.1) is 4.88 Å². The van der Waals surface area contributed by atoms with Gasteiger partial charge in [-0.3, -0.25) is 9.59 Å². The average molecular weight is 357 g/mol. The molecule has 5 nitrogen and oxygen atoms in total. The summed E-state index contributed by atoms with van der Waals surface area (Å²) in [5, 5.41) is 8.99. The summed E-state index contributed by atoms with van der Waals surface area (Å²) >= 11 is 1.55. The molecule has 2 heterocycles. The first kappa shape index (κ1) is 17.0. The van der Waals surface area contributed by atoms with Gasteiger partial charge in [-0.15, -0.1) is 11.3 Å². The molecule has 0 aliphatic rings. The molecule has 0 unspecified atom stereocenters. The van der Waals surface area contributed by atoms with Gasteiger partial charge in [0.1, 0.15) is 11.5 Å². The monoisotopic (exact) mass is 357 g/mol. The number of carbonyl (C=O) groups excluding carboxylic acids is 1. The fraction of sp³-hybridized carbons (Fsp3) is 0.167. The molecule has 3 rings (SSSR count). The summed E-state index contributed by atoms with van der Waals surface area (Å²) < 4.78 is 14.2. The topological polar surface area (TPSA) is 64.0 Å². The lowest BCUT2D eigenvalue weighted by atomic mass is 10.2. The van der Waals surface area contributed by atoms with Crippen molar-refractivity contribution in [2.75, 3.05) is 5.32 Å². The van der Waals surface area contributed by atoms with Crippen molar-refractivity contribution in [2.24, 2.45) is 0 Å². The maximum Gasteiger partial charge on any atom is 0.266 e. The smallest absolute Gasteiger partial charge is 0.266 e. The lowest BCUT2D eigenvalue weighted by molar-refractivity contribution is -0.116. The number of carbonyl (C=O) groups is 1.